The van der Waals surface area contributed by atoms with Crippen LogP contribution in [0.1, 0.15) is 31.9 Å². The van der Waals surface area contributed by atoms with Crippen LogP contribution in [-0.4, -0.2) is 48.3 Å². The predicted molar refractivity (Wildman–Crippen MR) is 87.8 cm³/mol. The van der Waals surface area contributed by atoms with Gasteiger partial charge in [0.15, 0.2) is 0 Å². The molecule has 3 rings (SSSR count). The summed E-state index contributed by atoms with van der Waals surface area (Å²) in [5.41, 5.74) is 0. The van der Waals surface area contributed by atoms with Crippen LogP contribution in [0.15, 0.2) is 22.8 Å². The van der Waals surface area contributed by atoms with Crippen molar-refractivity contribution in [1.29, 1.82) is 0 Å². The zero-order chi connectivity index (χ0) is 16.9. The second-order valence-corrected chi connectivity index (χ2v) is 6.46. The summed E-state index contributed by atoms with van der Waals surface area (Å²) in [6, 6.07) is 3.78. The first-order chi connectivity index (χ1) is 11.6. The standard InChI is InChI=1S/C16H25N5O3/c1-11-9-14(22)20-15(18-11)21-6-4-12(5-7-21)19-16(23)17-10-13-3-2-8-24-13/h2-3,8,11-12,15,18H,4-7,9-10H2,1H3,(H,20,22)(H2,17,19,23). The lowest BCUT2D eigenvalue weighted by Gasteiger charge is -2.41. The van der Waals surface area contributed by atoms with E-state index < -0.39 is 0 Å². The Morgan fingerprint density at radius 2 is 2.21 bits per heavy atom. The van der Waals surface area contributed by atoms with Crippen molar-refractivity contribution >= 4 is 11.9 Å². The molecule has 0 aromatic carbocycles. The maximum atomic E-state index is 11.9. The smallest absolute Gasteiger partial charge is 0.315 e. The lowest BCUT2D eigenvalue weighted by molar-refractivity contribution is -0.127. The van der Waals surface area contributed by atoms with Crippen LogP contribution < -0.4 is 21.3 Å². The van der Waals surface area contributed by atoms with Gasteiger partial charge in [-0.15, -0.1) is 0 Å². The van der Waals surface area contributed by atoms with Crippen molar-refractivity contribution in [2.45, 2.75) is 51.1 Å². The van der Waals surface area contributed by atoms with Crippen LogP contribution >= 0.6 is 0 Å². The molecule has 0 bridgehead atoms. The highest BCUT2D eigenvalue weighted by Gasteiger charge is 2.30. The molecule has 2 saturated heterocycles. The van der Waals surface area contributed by atoms with Gasteiger partial charge in [0, 0.05) is 31.6 Å². The van der Waals surface area contributed by atoms with Crippen molar-refractivity contribution in [3.05, 3.63) is 24.2 Å². The third kappa shape index (κ3) is 4.48. The number of hydrogen-bond acceptors (Lipinski definition) is 5. The number of furan rings is 1. The zero-order valence-corrected chi connectivity index (χ0v) is 13.9. The number of urea groups is 1. The molecule has 0 spiro atoms. The number of hydrogen-bond donors (Lipinski definition) is 4. The molecule has 2 aliphatic rings. The molecule has 8 nitrogen and oxygen atoms in total. The fourth-order valence-corrected chi connectivity index (χ4v) is 3.18. The SMILES string of the molecule is CC1CC(=O)NC(N2CCC(NC(=O)NCc3ccco3)CC2)N1. The van der Waals surface area contributed by atoms with E-state index in [-0.39, 0.29) is 30.3 Å². The molecule has 3 amide bonds. The molecule has 2 unspecified atom stereocenters. The van der Waals surface area contributed by atoms with E-state index in [1.807, 2.05) is 13.0 Å². The Morgan fingerprint density at radius 3 is 2.88 bits per heavy atom. The number of nitrogens with zero attached hydrogens (tertiary/aromatic N) is 1. The highest BCUT2D eigenvalue weighted by atomic mass is 16.3. The average Bonchev–Trinajstić information content (AvgIpc) is 3.06. The first-order valence-electron chi connectivity index (χ1n) is 8.46. The van der Waals surface area contributed by atoms with Crippen LogP contribution in [0.3, 0.4) is 0 Å². The van der Waals surface area contributed by atoms with Gasteiger partial charge in [-0.3, -0.25) is 15.0 Å². The third-order valence-corrected chi connectivity index (χ3v) is 4.46. The van der Waals surface area contributed by atoms with Crippen LogP contribution in [0.4, 0.5) is 4.79 Å². The van der Waals surface area contributed by atoms with Crippen molar-refractivity contribution in [2.24, 2.45) is 0 Å². The largest absolute Gasteiger partial charge is 0.467 e. The molecule has 24 heavy (non-hydrogen) atoms. The Hall–Kier alpha value is -2.06. The molecule has 1 aromatic rings. The molecular weight excluding hydrogens is 310 g/mol. The normalized spacial score (nSPS) is 26.0. The minimum absolute atomic E-state index is 0.0869. The second kappa shape index (κ2) is 7.67. The Bertz CT molecular complexity index is 554. The summed E-state index contributed by atoms with van der Waals surface area (Å²) >= 11 is 0. The maximum Gasteiger partial charge on any atom is 0.315 e. The number of amides is 3. The van der Waals surface area contributed by atoms with E-state index in [1.54, 1.807) is 12.3 Å². The van der Waals surface area contributed by atoms with Crippen molar-refractivity contribution < 1.29 is 14.0 Å². The number of carbonyl (C=O) groups is 2. The molecule has 0 aliphatic carbocycles. The molecule has 2 atom stereocenters. The van der Waals surface area contributed by atoms with Gasteiger partial charge in [0.05, 0.1) is 12.8 Å². The highest BCUT2D eigenvalue weighted by Crippen LogP contribution is 2.14. The molecule has 132 valence electrons. The van der Waals surface area contributed by atoms with E-state index in [1.165, 1.54) is 0 Å². The molecular formula is C16H25N5O3. The Labute approximate surface area is 141 Å². The summed E-state index contributed by atoms with van der Waals surface area (Å²) in [7, 11) is 0. The van der Waals surface area contributed by atoms with Gasteiger partial charge in [-0.1, -0.05) is 0 Å². The number of carbonyl (C=O) groups excluding carboxylic acids is 2. The molecule has 2 fully saturated rings. The third-order valence-electron chi connectivity index (χ3n) is 4.46. The number of piperidine rings is 1. The van der Waals surface area contributed by atoms with Crippen molar-refractivity contribution in [3.8, 4) is 0 Å². The van der Waals surface area contributed by atoms with Gasteiger partial charge in [0.1, 0.15) is 12.0 Å². The van der Waals surface area contributed by atoms with Crippen molar-refractivity contribution in [3.63, 3.8) is 0 Å². The summed E-state index contributed by atoms with van der Waals surface area (Å²) < 4.78 is 5.18. The Balaban J connectivity index is 1.38. The predicted octanol–water partition coefficient (Wildman–Crippen LogP) is 0.325. The molecule has 8 heteroatoms. The fraction of sp³-hybridized carbons (Fsp3) is 0.625. The quantitative estimate of drug-likeness (QED) is 0.635. The number of nitrogens with one attached hydrogen (secondary N) is 4. The zero-order valence-electron chi connectivity index (χ0n) is 13.9. The molecule has 2 aliphatic heterocycles. The lowest BCUT2D eigenvalue weighted by Crippen LogP contribution is -2.65. The van der Waals surface area contributed by atoms with E-state index in [0.717, 1.165) is 31.7 Å². The minimum Gasteiger partial charge on any atom is -0.467 e. The topological polar surface area (TPSA) is 98.6 Å². The van der Waals surface area contributed by atoms with Crippen molar-refractivity contribution in [2.75, 3.05) is 13.1 Å². The monoisotopic (exact) mass is 335 g/mol. The fourth-order valence-electron chi connectivity index (χ4n) is 3.18. The van der Waals surface area contributed by atoms with E-state index in [9.17, 15) is 9.59 Å². The summed E-state index contributed by atoms with van der Waals surface area (Å²) in [5.74, 6) is 0.817. The van der Waals surface area contributed by atoms with Gasteiger partial charge < -0.3 is 20.4 Å². The molecule has 0 saturated carbocycles. The summed E-state index contributed by atoms with van der Waals surface area (Å²) in [4.78, 5) is 25.8. The number of likely N-dealkylation sites (tertiary alicyclic amines) is 1. The van der Waals surface area contributed by atoms with Crippen LogP contribution in [-0.2, 0) is 11.3 Å². The van der Waals surface area contributed by atoms with Gasteiger partial charge in [0.25, 0.3) is 0 Å². The number of rotatable bonds is 4. The Kier molecular flexibility index (Phi) is 5.37. The molecule has 0 radical (unpaired) electrons. The summed E-state index contributed by atoms with van der Waals surface area (Å²) in [6.07, 6.45) is 3.72. The van der Waals surface area contributed by atoms with Crippen LogP contribution in [0.25, 0.3) is 0 Å². The van der Waals surface area contributed by atoms with Gasteiger partial charge in [-0.25, -0.2) is 4.79 Å². The molecule has 1 aromatic heterocycles. The maximum absolute atomic E-state index is 11.9. The first kappa shape index (κ1) is 16.8. The van der Waals surface area contributed by atoms with E-state index in [4.69, 9.17) is 4.42 Å². The van der Waals surface area contributed by atoms with Crippen molar-refractivity contribution in [1.82, 2.24) is 26.2 Å². The van der Waals surface area contributed by atoms with E-state index in [0.29, 0.717) is 13.0 Å². The van der Waals surface area contributed by atoms with Crippen LogP contribution in [0.5, 0.6) is 0 Å². The van der Waals surface area contributed by atoms with E-state index in [2.05, 4.69) is 26.2 Å². The van der Waals surface area contributed by atoms with Gasteiger partial charge >= 0.3 is 6.03 Å². The van der Waals surface area contributed by atoms with E-state index >= 15 is 0 Å². The molecule has 4 N–H and O–H groups in total. The first-order valence-corrected chi connectivity index (χ1v) is 8.46. The second-order valence-electron chi connectivity index (χ2n) is 6.46. The average molecular weight is 335 g/mol. The van der Waals surface area contributed by atoms with Gasteiger partial charge in [0.2, 0.25) is 5.91 Å². The Morgan fingerprint density at radius 1 is 1.42 bits per heavy atom. The lowest BCUT2D eigenvalue weighted by atomic mass is 10.0. The highest BCUT2D eigenvalue weighted by molar-refractivity contribution is 5.77. The van der Waals surface area contributed by atoms with Gasteiger partial charge in [-0.05, 0) is 31.9 Å². The van der Waals surface area contributed by atoms with Crippen LogP contribution in [0, 0.1) is 0 Å². The summed E-state index contributed by atoms with van der Waals surface area (Å²) in [5, 5.41) is 12.2. The summed E-state index contributed by atoms with van der Waals surface area (Å²) in [6.45, 7) is 4.05. The molecule has 3 heterocycles. The van der Waals surface area contributed by atoms with Crippen LogP contribution in [0.2, 0.25) is 0 Å². The van der Waals surface area contributed by atoms with Gasteiger partial charge in [-0.2, -0.15) is 0 Å². The minimum atomic E-state index is -0.178.